The molecule has 1 heterocycles. The lowest BCUT2D eigenvalue weighted by molar-refractivity contribution is -0.144. The van der Waals surface area contributed by atoms with E-state index in [1.54, 1.807) is 4.90 Å². The maximum absolute atomic E-state index is 11.2. The number of carbonyl (C=O) groups excluding carboxylic acids is 1. The molecule has 0 bridgehead atoms. The summed E-state index contributed by atoms with van der Waals surface area (Å²) in [5, 5.41) is 9.48. The van der Waals surface area contributed by atoms with Crippen molar-refractivity contribution in [2.45, 2.75) is 25.9 Å². The Morgan fingerprint density at radius 3 is 3.08 bits per heavy atom. The Kier molecular flexibility index (Phi) is 4.18. The summed E-state index contributed by atoms with van der Waals surface area (Å²) in [6.07, 6.45) is 1.32. The Hall–Kier alpha value is -0.610. The monoisotopic (exact) mass is 187 g/mol. The standard InChI is InChI=1S/C9H17NO3/c1-2-3-8(11)6-10-4-5-13-7-9(10)12/h8,11H,2-7H2,1H3. The van der Waals surface area contributed by atoms with E-state index in [0.29, 0.717) is 19.7 Å². The van der Waals surface area contributed by atoms with Gasteiger partial charge in [0.15, 0.2) is 0 Å². The zero-order chi connectivity index (χ0) is 9.68. The molecule has 1 rings (SSSR count). The van der Waals surface area contributed by atoms with E-state index in [2.05, 4.69) is 0 Å². The molecule has 0 spiro atoms. The van der Waals surface area contributed by atoms with Gasteiger partial charge in [-0.3, -0.25) is 4.79 Å². The van der Waals surface area contributed by atoms with Gasteiger partial charge in [-0.05, 0) is 6.42 Å². The summed E-state index contributed by atoms with van der Waals surface area (Å²) in [5.74, 6) is -0.0126. The van der Waals surface area contributed by atoms with Crippen LogP contribution >= 0.6 is 0 Å². The number of aliphatic hydroxyl groups excluding tert-OH is 1. The van der Waals surface area contributed by atoms with Gasteiger partial charge in [-0.25, -0.2) is 0 Å². The van der Waals surface area contributed by atoms with Gasteiger partial charge in [0, 0.05) is 13.1 Å². The van der Waals surface area contributed by atoms with E-state index in [9.17, 15) is 9.90 Å². The molecule has 1 aliphatic heterocycles. The van der Waals surface area contributed by atoms with Crippen molar-refractivity contribution in [1.82, 2.24) is 4.90 Å². The topological polar surface area (TPSA) is 49.8 Å². The lowest BCUT2D eigenvalue weighted by Crippen LogP contribution is -2.45. The maximum Gasteiger partial charge on any atom is 0.248 e. The van der Waals surface area contributed by atoms with Gasteiger partial charge in [0.05, 0.1) is 12.7 Å². The van der Waals surface area contributed by atoms with Crippen molar-refractivity contribution in [3.05, 3.63) is 0 Å². The summed E-state index contributed by atoms with van der Waals surface area (Å²) in [4.78, 5) is 12.9. The third-order valence-corrected chi connectivity index (χ3v) is 2.14. The Bertz CT molecular complexity index is 172. The van der Waals surface area contributed by atoms with Crippen LogP contribution < -0.4 is 0 Å². The van der Waals surface area contributed by atoms with Gasteiger partial charge in [0.1, 0.15) is 6.61 Å². The highest BCUT2D eigenvalue weighted by atomic mass is 16.5. The lowest BCUT2D eigenvalue weighted by Gasteiger charge is -2.28. The third kappa shape index (κ3) is 3.32. The summed E-state index contributed by atoms with van der Waals surface area (Å²) < 4.78 is 4.98. The van der Waals surface area contributed by atoms with E-state index in [1.807, 2.05) is 6.92 Å². The number of ether oxygens (including phenoxy) is 1. The minimum atomic E-state index is -0.382. The van der Waals surface area contributed by atoms with E-state index in [-0.39, 0.29) is 18.6 Å². The van der Waals surface area contributed by atoms with Gasteiger partial charge in [-0.2, -0.15) is 0 Å². The average Bonchev–Trinajstić information content (AvgIpc) is 2.09. The van der Waals surface area contributed by atoms with Crippen LogP contribution in [-0.4, -0.2) is 48.3 Å². The highest BCUT2D eigenvalue weighted by Gasteiger charge is 2.20. The fourth-order valence-corrected chi connectivity index (χ4v) is 1.42. The molecule has 1 amide bonds. The van der Waals surface area contributed by atoms with Crippen LogP contribution in [0.4, 0.5) is 0 Å². The van der Waals surface area contributed by atoms with Gasteiger partial charge in [-0.15, -0.1) is 0 Å². The molecule has 1 unspecified atom stereocenters. The molecule has 0 aromatic heterocycles. The fourth-order valence-electron chi connectivity index (χ4n) is 1.42. The molecular formula is C9H17NO3. The molecule has 0 radical (unpaired) electrons. The minimum absolute atomic E-state index is 0.0126. The average molecular weight is 187 g/mol. The number of aliphatic hydroxyl groups is 1. The number of hydrogen-bond donors (Lipinski definition) is 1. The second-order valence-corrected chi connectivity index (χ2v) is 3.33. The molecule has 0 aromatic carbocycles. The molecule has 0 aliphatic carbocycles. The van der Waals surface area contributed by atoms with E-state index in [0.717, 1.165) is 12.8 Å². The molecule has 13 heavy (non-hydrogen) atoms. The number of rotatable bonds is 4. The summed E-state index contributed by atoms with van der Waals surface area (Å²) >= 11 is 0. The SMILES string of the molecule is CCCC(O)CN1CCOCC1=O. The Balaban J connectivity index is 2.29. The van der Waals surface area contributed by atoms with Crippen molar-refractivity contribution >= 4 is 5.91 Å². The zero-order valence-electron chi connectivity index (χ0n) is 8.03. The molecule has 1 aliphatic rings. The Labute approximate surface area is 78.5 Å². The predicted octanol–water partition coefficient (Wildman–Crippen LogP) is 0.00620. The highest BCUT2D eigenvalue weighted by Crippen LogP contribution is 2.03. The van der Waals surface area contributed by atoms with E-state index < -0.39 is 0 Å². The van der Waals surface area contributed by atoms with Gasteiger partial charge < -0.3 is 14.7 Å². The molecule has 76 valence electrons. The van der Waals surface area contributed by atoms with Crippen molar-refractivity contribution in [3.8, 4) is 0 Å². The van der Waals surface area contributed by atoms with E-state index in [1.165, 1.54) is 0 Å². The first-order valence-corrected chi connectivity index (χ1v) is 4.77. The summed E-state index contributed by atoms with van der Waals surface area (Å²) in [7, 11) is 0. The van der Waals surface area contributed by atoms with Crippen LogP contribution in [-0.2, 0) is 9.53 Å². The Morgan fingerprint density at radius 1 is 1.69 bits per heavy atom. The van der Waals surface area contributed by atoms with Crippen LogP contribution in [0.15, 0.2) is 0 Å². The summed E-state index contributed by atoms with van der Waals surface area (Å²) in [5.41, 5.74) is 0. The number of amides is 1. The van der Waals surface area contributed by atoms with Crippen molar-refractivity contribution in [3.63, 3.8) is 0 Å². The first-order chi connectivity index (χ1) is 6.24. The van der Waals surface area contributed by atoms with Gasteiger partial charge >= 0.3 is 0 Å². The van der Waals surface area contributed by atoms with Crippen LogP contribution in [0.25, 0.3) is 0 Å². The number of β-amino-alcohol motifs (C(OH)–C–C–N with tert-alkyl or cyclic N) is 1. The quantitative estimate of drug-likeness (QED) is 0.674. The molecule has 4 heteroatoms. The molecule has 1 N–H and O–H groups in total. The fraction of sp³-hybridized carbons (Fsp3) is 0.889. The minimum Gasteiger partial charge on any atom is -0.391 e. The van der Waals surface area contributed by atoms with Gasteiger partial charge in [0.25, 0.3) is 0 Å². The van der Waals surface area contributed by atoms with Crippen LogP contribution in [0, 0.1) is 0 Å². The lowest BCUT2D eigenvalue weighted by atomic mass is 10.2. The Morgan fingerprint density at radius 2 is 2.46 bits per heavy atom. The molecule has 1 atom stereocenters. The predicted molar refractivity (Wildman–Crippen MR) is 48.3 cm³/mol. The molecule has 1 saturated heterocycles. The molecule has 1 fully saturated rings. The number of morpholine rings is 1. The zero-order valence-corrected chi connectivity index (χ0v) is 8.03. The number of carbonyl (C=O) groups is 1. The first-order valence-electron chi connectivity index (χ1n) is 4.77. The normalized spacial score (nSPS) is 20.5. The van der Waals surface area contributed by atoms with E-state index >= 15 is 0 Å². The number of nitrogens with zero attached hydrogens (tertiary/aromatic N) is 1. The van der Waals surface area contributed by atoms with Crippen LogP contribution in [0.3, 0.4) is 0 Å². The van der Waals surface area contributed by atoms with Crippen molar-refractivity contribution in [2.24, 2.45) is 0 Å². The molecule has 0 saturated carbocycles. The van der Waals surface area contributed by atoms with Crippen molar-refractivity contribution in [1.29, 1.82) is 0 Å². The van der Waals surface area contributed by atoms with Crippen LogP contribution in [0.5, 0.6) is 0 Å². The van der Waals surface area contributed by atoms with Crippen LogP contribution in [0.2, 0.25) is 0 Å². The molecule has 4 nitrogen and oxygen atoms in total. The van der Waals surface area contributed by atoms with Crippen molar-refractivity contribution in [2.75, 3.05) is 26.3 Å². The van der Waals surface area contributed by atoms with Crippen LogP contribution in [0.1, 0.15) is 19.8 Å². The third-order valence-electron chi connectivity index (χ3n) is 2.14. The second-order valence-electron chi connectivity index (χ2n) is 3.33. The summed E-state index contributed by atoms with van der Waals surface area (Å²) in [6, 6.07) is 0. The smallest absolute Gasteiger partial charge is 0.248 e. The molecule has 0 aromatic rings. The largest absolute Gasteiger partial charge is 0.391 e. The van der Waals surface area contributed by atoms with E-state index in [4.69, 9.17) is 4.74 Å². The maximum atomic E-state index is 11.2. The summed E-state index contributed by atoms with van der Waals surface area (Å²) in [6.45, 7) is 3.84. The van der Waals surface area contributed by atoms with Crippen molar-refractivity contribution < 1.29 is 14.6 Å². The molecular weight excluding hydrogens is 170 g/mol. The number of hydrogen-bond acceptors (Lipinski definition) is 3. The first kappa shape index (κ1) is 10.5. The van der Waals surface area contributed by atoms with Gasteiger partial charge in [-0.1, -0.05) is 13.3 Å². The van der Waals surface area contributed by atoms with Gasteiger partial charge in [0.2, 0.25) is 5.91 Å². The highest BCUT2D eigenvalue weighted by molar-refractivity contribution is 5.78. The second kappa shape index (κ2) is 5.19.